The summed E-state index contributed by atoms with van der Waals surface area (Å²) in [6.07, 6.45) is 5.24. The molecule has 26 heavy (non-hydrogen) atoms. The molecule has 2 fully saturated rings. The molecule has 2 amide bonds. The van der Waals surface area contributed by atoms with Crippen LogP contribution < -0.4 is 10.6 Å². The number of halogens is 1. The van der Waals surface area contributed by atoms with Gasteiger partial charge in [0.1, 0.15) is 0 Å². The number of benzene rings is 1. The van der Waals surface area contributed by atoms with Crippen LogP contribution >= 0.6 is 12.4 Å². The maximum Gasteiger partial charge on any atom is 0.223 e. The van der Waals surface area contributed by atoms with Gasteiger partial charge in [-0.3, -0.25) is 9.59 Å². The molecular weight excluding hydrogens is 350 g/mol. The fourth-order valence-electron chi connectivity index (χ4n) is 3.74. The van der Waals surface area contributed by atoms with Crippen LogP contribution in [0, 0.1) is 5.92 Å². The summed E-state index contributed by atoms with van der Waals surface area (Å²) in [5.74, 6) is 0.419. The second kappa shape index (κ2) is 10.5. The highest BCUT2D eigenvalue weighted by molar-refractivity contribution is 5.85. The molecule has 0 aliphatic carbocycles. The van der Waals surface area contributed by atoms with Crippen LogP contribution in [-0.2, 0) is 16.0 Å². The predicted octanol–water partition coefficient (Wildman–Crippen LogP) is 2.15. The molecule has 1 atom stereocenters. The Morgan fingerprint density at radius 3 is 2.50 bits per heavy atom. The predicted molar refractivity (Wildman–Crippen MR) is 105 cm³/mol. The number of nitrogens with zero attached hydrogens (tertiary/aromatic N) is 1. The van der Waals surface area contributed by atoms with E-state index in [9.17, 15) is 9.59 Å². The molecule has 2 saturated heterocycles. The number of rotatable bonds is 6. The Bertz CT molecular complexity index is 568. The minimum absolute atomic E-state index is 0. The minimum atomic E-state index is 0. The lowest BCUT2D eigenvalue weighted by molar-refractivity contribution is -0.135. The number of hydrogen-bond donors (Lipinski definition) is 2. The lowest BCUT2D eigenvalue weighted by atomic mass is 9.95. The van der Waals surface area contributed by atoms with Gasteiger partial charge < -0.3 is 15.5 Å². The Balaban J connectivity index is 0.00000243. The van der Waals surface area contributed by atoms with Crippen LogP contribution in [-0.4, -0.2) is 48.9 Å². The summed E-state index contributed by atoms with van der Waals surface area (Å²) < 4.78 is 0. The lowest BCUT2D eigenvalue weighted by Crippen LogP contribution is -2.45. The first kappa shape index (κ1) is 20.7. The van der Waals surface area contributed by atoms with Crippen molar-refractivity contribution in [2.75, 3.05) is 26.2 Å². The van der Waals surface area contributed by atoms with Gasteiger partial charge in [0.15, 0.2) is 0 Å². The van der Waals surface area contributed by atoms with E-state index in [0.29, 0.717) is 25.6 Å². The summed E-state index contributed by atoms with van der Waals surface area (Å²) in [5.41, 5.74) is 1.20. The second-order valence-electron chi connectivity index (χ2n) is 7.18. The van der Waals surface area contributed by atoms with Gasteiger partial charge in [0, 0.05) is 38.0 Å². The topological polar surface area (TPSA) is 61.4 Å². The third-order valence-corrected chi connectivity index (χ3v) is 5.37. The van der Waals surface area contributed by atoms with E-state index >= 15 is 0 Å². The fraction of sp³-hybridized carbons (Fsp3) is 0.600. The molecule has 3 rings (SSSR count). The van der Waals surface area contributed by atoms with Crippen LogP contribution in [0.15, 0.2) is 30.3 Å². The van der Waals surface area contributed by atoms with Crippen molar-refractivity contribution in [2.45, 2.75) is 44.6 Å². The monoisotopic (exact) mass is 379 g/mol. The average molecular weight is 380 g/mol. The number of nitrogens with one attached hydrogen (secondary N) is 2. The molecule has 5 nitrogen and oxygen atoms in total. The number of piperidine rings is 1. The highest BCUT2D eigenvalue weighted by Crippen LogP contribution is 2.19. The van der Waals surface area contributed by atoms with Gasteiger partial charge in [-0.05, 0) is 44.2 Å². The van der Waals surface area contributed by atoms with Crippen molar-refractivity contribution in [3.63, 3.8) is 0 Å². The second-order valence-corrected chi connectivity index (χ2v) is 7.18. The molecule has 2 N–H and O–H groups in total. The largest absolute Gasteiger partial charge is 0.354 e. The van der Waals surface area contributed by atoms with E-state index in [0.717, 1.165) is 38.8 Å². The van der Waals surface area contributed by atoms with E-state index < -0.39 is 0 Å². The van der Waals surface area contributed by atoms with Gasteiger partial charge in [0.2, 0.25) is 11.8 Å². The molecule has 2 aliphatic rings. The first-order valence-corrected chi connectivity index (χ1v) is 9.55. The number of hydrogen-bond acceptors (Lipinski definition) is 3. The van der Waals surface area contributed by atoms with Gasteiger partial charge in [0.25, 0.3) is 0 Å². The molecule has 2 aliphatic heterocycles. The maximum atomic E-state index is 12.4. The Morgan fingerprint density at radius 1 is 1.12 bits per heavy atom. The summed E-state index contributed by atoms with van der Waals surface area (Å²) >= 11 is 0. The highest BCUT2D eigenvalue weighted by Gasteiger charge is 2.27. The van der Waals surface area contributed by atoms with Gasteiger partial charge in [0.05, 0.1) is 0 Å². The zero-order chi connectivity index (χ0) is 17.5. The molecule has 0 spiro atoms. The number of amides is 2. The third-order valence-electron chi connectivity index (χ3n) is 5.37. The zero-order valence-corrected chi connectivity index (χ0v) is 16.1. The summed E-state index contributed by atoms with van der Waals surface area (Å²) in [6, 6.07) is 10.6. The summed E-state index contributed by atoms with van der Waals surface area (Å²) in [4.78, 5) is 26.6. The Kier molecular flexibility index (Phi) is 8.39. The molecule has 0 radical (unpaired) electrons. The van der Waals surface area contributed by atoms with E-state index in [-0.39, 0.29) is 30.1 Å². The Hall–Kier alpha value is -1.59. The molecule has 0 bridgehead atoms. The van der Waals surface area contributed by atoms with E-state index in [4.69, 9.17) is 0 Å². The molecule has 0 saturated carbocycles. The maximum absolute atomic E-state index is 12.4. The van der Waals surface area contributed by atoms with Gasteiger partial charge in [-0.2, -0.15) is 0 Å². The molecule has 2 heterocycles. The van der Waals surface area contributed by atoms with Crippen LogP contribution in [0.5, 0.6) is 0 Å². The van der Waals surface area contributed by atoms with Gasteiger partial charge >= 0.3 is 0 Å². The minimum Gasteiger partial charge on any atom is -0.354 e. The first-order chi connectivity index (χ1) is 12.2. The van der Waals surface area contributed by atoms with Crippen LogP contribution in [0.25, 0.3) is 0 Å². The first-order valence-electron chi connectivity index (χ1n) is 9.55. The van der Waals surface area contributed by atoms with Crippen LogP contribution in [0.2, 0.25) is 0 Å². The molecule has 1 unspecified atom stereocenters. The number of carbonyl (C=O) groups excluding carboxylic acids is 2. The Labute approximate surface area is 162 Å². The molecule has 144 valence electrons. The molecule has 1 aromatic carbocycles. The Morgan fingerprint density at radius 2 is 1.85 bits per heavy atom. The lowest BCUT2D eigenvalue weighted by Gasteiger charge is -2.31. The van der Waals surface area contributed by atoms with Crippen LogP contribution in [0.1, 0.15) is 37.7 Å². The normalized spacial score (nSPS) is 20.5. The third kappa shape index (κ3) is 5.99. The molecular formula is C20H30ClN3O2. The van der Waals surface area contributed by atoms with Crippen molar-refractivity contribution in [1.29, 1.82) is 0 Å². The highest BCUT2D eigenvalue weighted by atomic mass is 35.5. The van der Waals surface area contributed by atoms with Crippen molar-refractivity contribution in [3.8, 4) is 0 Å². The van der Waals surface area contributed by atoms with E-state index in [1.54, 1.807) is 0 Å². The van der Waals surface area contributed by atoms with Crippen molar-refractivity contribution in [3.05, 3.63) is 35.9 Å². The summed E-state index contributed by atoms with van der Waals surface area (Å²) in [7, 11) is 0. The summed E-state index contributed by atoms with van der Waals surface area (Å²) in [5, 5.41) is 6.48. The van der Waals surface area contributed by atoms with Crippen molar-refractivity contribution in [1.82, 2.24) is 15.5 Å². The van der Waals surface area contributed by atoms with E-state index in [1.807, 2.05) is 23.1 Å². The molecule has 1 aromatic rings. The van der Waals surface area contributed by atoms with Crippen molar-refractivity contribution >= 4 is 24.2 Å². The van der Waals surface area contributed by atoms with E-state index in [2.05, 4.69) is 22.8 Å². The average Bonchev–Trinajstić information content (AvgIpc) is 3.19. The zero-order valence-electron chi connectivity index (χ0n) is 15.3. The summed E-state index contributed by atoms with van der Waals surface area (Å²) in [6.45, 7) is 3.19. The molecule has 6 heteroatoms. The fourth-order valence-corrected chi connectivity index (χ4v) is 3.74. The molecule has 0 aromatic heterocycles. The van der Waals surface area contributed by atoms with Crippen molar-refractivity contribution in [2.24, 2.45) is 5.92 Å². The van der Waals surface area contributed by atoms with Gasteiger partial charge in [-0.1, -0.05) is 30.3 Å². The van der Waals surface area contributed by atoms with Crippen LogP contribution in [0.3, 0.4) is 0 Å². The number of likely N-dealkylation sites (tertiary alicyclic amines) is 1. The number of aryl methyl sites for hydroxylation is 1. The number of carbonyl (C=O) groups is 2. The van der Waals surface area contributed by atoms with E-state index in [1.165, 1.54) is 12.0 Å². The van der Waals surface area contributed by atoms with Crippen molar-refractivity contribution < 1.29 is 9.59 Å². The SMILES string of the molecule is Cl.O=C(NCC1CCCN1)C1CCN(C(=O)CCc2ccccc2)CC1. The van der Waals surface area contributed by atoms with Gasteiger partial charge in [-0.25, -0.2) is 0 Å². The quantitative estimate of drug-likeness (QED) is 0.796. The van der Waals surface area contributed by atoms with Crippen LogP contribution in [0.4, 0.5) is 0 Å². The standard InChI is InChI=1S/C20H29N3O2.ClH/c24-19(9-8-16-5-2-1-3-6-16)23-13-10-17(11-14-23)20(25)22-15-18-7-4-12-21-18;/h1-3,5-6,17-18,21H,4,7-15H2,(H,22,25);1H. The van der Waals surface area contributed by atoms with Gasteiger partial charge in [-0.15, -0.1) is 12.4 Å². The smallest absolute Gasteiger partial charge is 0.223 e.